The van der Waals surface area contributed by atoms with Crippen LogP contribution in [0, 0.1) is 16.7 Å². The molecule has 1 saturated heterocycles. The summed E-state index contributed by atoms with van der Waals surface area (Å²) in [6, 6.07) is 9.61. The van der Waals surface area contributed by atoms with Crippen LogP contribution in [0.3, 0.4) is 0 Å². The van der Waals surface area contributed by atoms with Gasteiger partial charge in [-0.2, -0.15) is 0 Å². The molecule has 1 aliphatic heterocycles. The average Bonchev–Trinajstić information content (AvgIpc) is 3.55. The van der Waals surface area contributed by atoms with Gasteiger partial charge in [-0.1, -0.05) is 57.9 Å². The predicted molar refractivity (Wildman–Crippen MR) is 153 cm³/mol. The smallest absolute Gasteiger partial charge is 0.141 e. The molecule has 6 heteroatoms. The summed E-state index contributed by atoms with van der Waals surface area (Å²) in [5.41, 5.74) is 10.2. The zero-order valence-electron chi connectivity index (χ0n) is 22.0. The molecule has 3 aliphatic rings. The summed E-state index contributed by atoms with van der Waals surface area (Å²) in [7, 11) is 0. The molecule has 1 aromatic heterocycles. The van der Waals surface area contributed by atoms with Crippen molar-refractivity contribution in [1.29, 1.82) is 5.41 Å². The van der Waals surface area contributed by atoms with Crippen LogP contribution in [0.1, 0.15) is 95.2 Å². The maximum Gasteiger partial charge on any atom is 0.141 e. The Morgan fingerprint density at radius 3 is 2.46 bits per heavy atom. The van der Waals surface area contributed by atoms with E-state index in [4.69, 9.17) is 11.1 Å². The molecule has 5 rings (SSSR count). The van der Waals surface area contributed by atoms with Crippen LogP contribution in [0.25, 0.3) is 0 Å². The molecule has 2 saturated carbocycles. The number of nitrogens with one attached hydrogen (secondary N) is 2. The number of nitrogens with two attached hydrogens (primary N) is 1. The van der Waals surface area contributed by atoms with Crippen molar-refractivity contribution in [3.8, 4) is 0 Å². The summed E-state index contributed by atoms with van der Waals surface area (Å²) >= 11 is 3.30. The van der Waals surface area contributed by atoms with E-state index in [1.807, 2.05) is 13.8 Å². The molecule has 5 nitrogen and oxygen atoms in total. The third kappa shape index (κ3) is 7.07. The van der Waals surface area contributed by atoms with E-state index in [2.05, 4.69) is 62.0 Å². The van der Waals surface area contributed by atoms with Crippen LogP contribution in [0.2, 0.25) is 0 Å². The number of H-pyrrole nitrogens is 1. The van der Waals surface area contributed by atoms with Crippen molar-refractivity contribution in [3.63, 3.8) is 0 Å². The minimum Gasteiger partial charge on any atom is -0.390 e. The number of aromatic amines is 1. The fraction of sp³-hybridized carbons (Fsp3) is 0.586. The fourth-order valence-corrected chi connectivity index (χ4v) is 6.43. The average molecular weight is 543 g/mol. The van der Waals surface area contributed by atoms with Crippen LogP contribution in [0.4, 0.5) is 5.82 Å². The molecular formula is C29H44BrN5. The number of hydrogen-bond donors (Lipinski definition) is 3. The zero-order valence-corrected chi connectivity index (χ0v) is 23.6. The first-order chi connectivity index (χ1) is 16.9. The van der Waals surface area contributed by atoms with Crippen molar-refractivity contribution in [1.82, 2.24) is 9.88 Å². The van der Waals surface area contributed by atoms with Gasteiger partial charge in [-0.05, 0) is 89.9 Å². The van der Waals surface area contributed by atoms with Crippen LogP contribution in [0.15, 0.2) is 39.9 Å². The highest BCUT2D eigenvalue weighted by molar-refractivity contribution is 9.10. The number of aromatic nitrogens is 1. The number of benzene rings is 1. The highest BCUT2D eigenvalue weighted by Gasteiger charge is 2.42. The molecule has 2 atom stereocenters. The van der Waals surface area contributed by atoms with Crippen LogP contribution >= 0.6 is 15.9 Å². The Bertz CT molecular complexity index is 973. The van der Waals surface area contributed by atoms with E-state index in [9.17, 15) is 0 Å². The lowest BCUT2D eigenvalue weighted by Crippen LogP contribution is -2.32. The van der Waals surface area contributed by atoms with Gasteiger partial charge in [-0.3, -0.25) is 4.90 Å². The quantitative estimate of drug-likeness (QED) is 0.266. The first-order valence-electron chi connectivity index (χ1n) is 13.4. The molecule has 4 N–H and O–H groups in total. The van der Waals surface area contributed by atoms with Gasteiger partial charge in [0, 0.05) is 29.5 Å². The predicted octanol–water partition coefficient (Wildman–Crippen LogP) is 7.78. The van der Waals surface area contributed by atoms with Crippen molar-refractivity contribution in [3.05, 3.63) is 51.6 Å². The summed E-state index contributed by atoms with van der Waals surface area (Å²) < 4.78 is 0.829. The number of rotatable bonds is 5. The maximum absolute atomic E-state index is 7.45. The second-order valence-electron chi connectivity index (χ2n) is 10.4. The second-order valence-corrected chi connectivity index (χ2v) is 11.3. The molecule has 0 amide bonds. The summed E-state index contributed by atoms with van der Waals surface area (Å²) in [5.74, 6) is 2.37. The maximum atomic E-state index is 7.45. The van der Waals surface area contributed by atoms with E-state index in [1.54, 1.807) is 18.7 Å². The summed E-state index contributed by atoms with van der Waals surface area (Å²) in [4.78, 5) is 9.45. The molecule has 1 aromatic carbocycles. The monoisotopic (exact) mass is 541 g/mol. The number of aliphatic imine (C=N–C) groups is 1. The van der Waals surface area contributed by atoms with E-state index in [0.29, 0.717) is 11.5 Å². The first-order valence-corrected chi connectivity index (χ1v) is 14.2. The van der Waals surface area contributed by atoms with E-state index >= 15 is 0 Å². The SMILES string of the molecule is CC.CC(=N)c1c(Br)c[nH]c1/N=C\N.CC1CCC(c2ccc(CN3CCC4(CCC4)C3)cc2)C1. The summed E-state index contributed by atoms with van der Waals surface area (Å²) in [5, 5.41) is 7.45. The largest absolute Gasteiger partial charge is 0.390 e. The van der Waals surface area contributed by atoms with Gasteiger partial charge in [0.25, 0.3) is 0 Å². The molecule has 35 heavy (non-hydrogen) atoms. The first kappa shape index (κ1) is 27.7. The molecule has 192 valence electrons. The summed E-state index contributed by atoms with van der Waals surface area (Å²) in [6.45, 7) is 11.9. The normalized spacial score (nSPS) is 22.9. The van der Waals surface area contributed by atoms with Gasteiger partial charge in [0.15, 0.2) is 0 Å². The lowest BCUT2D eigenvalue weighted by Gasteiger charge is -2.38. The number of hydrogen-bond acceptors (Lipinski definition) is 3. The van der Waals surface area contributed by atoms with Crippen LogP contribution < -0.4 is 5.73 Å². The van der Waals surface area contributed by atoms with Crippen molar-refractivity contribution in [2.75, 3.05) is 13.1 Å². The van der Waals surface area contributed by atoms with Crippen molar-refractivity contribution in [2.45, 2.75) is 85.1 Å². The number of likely N-dealkylation sites (tertiary alicyclic amines) is 1. The summed E-state index contributed by atoms with van der Waals surface area (Å²) in [6.07, 6.45) is 13.0. The van der Waals surface area contributed by atoms with Gasteiger partial charge in [0.05, 0.1) is 11.9 Å². The minimum absolute atomic E-state index is 0.448. The van der Waals surface area contributed by atoms with Crippen LogP contribution in [-0.2, 0) is 6.54 Å². The molecule has 2 aromatic rings. The van der Waals surface area contributed by atoms with Crippen molar-refractivity contribution < 1.29 is 0 Å². The Hall–Kier alpha value is -1.92. The Kier molecular flexibility index (Phi) is 10.2. The Morgan fingerprint density at radius 2 is 1.94 bits per heavy atom. The second kappa shape index (κ2) is 12.9. The number of halogens is 1. The molecule has 0 radical (unpaired) electrons. The van der Waals surface area contributed by atoms with Gasteiger partial charge in [-0.25, -0.2) is 4.99 Å². The Balaban J connectivity index is 0.000000210. The highest BCUT2D eigenvalue weighted by Crippen LogP contribution is 2.48. The minimum atomic E-state index is 0.448. The lowest BCUT2D eigenvalue weighted by atomic mass is 9.68. The molecular weight excluding hydrogens is 498 g/mol. The standard InChI is InChI=1S/C20H29N.C7H9BrN4.C2H6/c1-16-3-6-19(13-16)18-7-4-17(5-8-18)14-21-12-11-20(15-21)9-2-10-20;1-4(10)6-5(8)2-11-7(6)12-3-9;1-2/h4-5,7-8,16,19H,2-3,6,9-15H2,1H3;2-3,10-11H,1H3,(H2,9,12);1-2H3. The zero-order chi connectivity index (χ0) is 25.4. The Morgan fingerprint density at radius 1 is 1.23 bits per heavy atom. The van der Waals surface area contributed by atoms with Gasteiger partial charge in [0.2, 0.25) is 0 Å². The molecule has 2 aliphatic carbocycles. The van der Waals surface area contributed by atoms with E-state index in [-0.39, 0.29) is 0 Å². The van der Waals surface area contributed by atoms with Gasteiger partial charge < -0.3 is 16.1 Å². The fourth-order valence-electron chi connectivity index (χ4n) is 5.83. The molecule has 1 spiro atoms. The van der Waals surface area contributed by atoms with E-state index in [1.165, 1.54) is 76.5 Å². The highest BCUT2D eigenvalue weighted by atomic mass is 79.9. The molecule has 0 bridgehead atoms. The van der Waals surface area contributed by atoms with Crippen molar-refractivity contribution >= 4 is 33.8 Å². The van der Waals surface area contributed by atoms with Gasteiger partial charge in [0.1, 0.15) is 5.82 Å². The van der Waals surface area contributed by atoms with E-state index < -0.39 is 0 Å². The third-order valence-corrected chi connectivity index (χ3v) is 8.50. The number of nitrogens with zero attached hydrogens (tertiary/aromatic N) is 2. The van der Waals surface area contributed by atoms with Crippen molar-refractivity contribution in [2.24, 2.45) is 22.1 Å². The molecule has 2 unspecified atom stereocenters. The Labute approximate surface area is 220 Å². The van der Waals surface area contributed by atoms with Gasteiger partial charge in [-0.15, -0.1) is 0 Å². The molecule has 3 fully saturated rings. The third-order valence-electron chi connectivity index (χ3n) is 7.87. The topological polar surface area (TPSA) is 81.3 Å². The molecule has 2 heterocycles. The van der Waals surface area contributed by atoms with Crippen LogP contribution in [0.5, 0.6) is 0 Å². The van der Waals surface area contributed by atoms with Crippen LogP contribution in [-0.4, -0.2) is 35.0 Å². The van der Waals surface area contributed by atoms with Gasteiger partial charge >= 0.3 is 0 Å². The lowest BCUT2D eigenvalue weighted by molar-refractivity contribution is 0.137. The van der Waals surface area contributed by atoms with E-state index in [0.717, 1.165) is 27.3 Å².